The number of hydrogen-bond acceptors (Lipinski definition) is 3. The number of likely N-dealkylation sites (N-methyl/N-ethyl adjacent to an activating group) is 2. The van der Waals surface area contributed by atoms with Gasteiger partial charge in [-0.2, -0.15) is 0 Å². The highest BCUT2D eigenvalue weighted by atomic mass is 16.2. The Labute approximate surface area is 117 Å². The summed E-state index contributed by atoms with van der Waals surface area (Å²) in [5.41, 5.74) is 0. The zero-order valence-electron chi connectivity index (χ0n) is 12.5. The molecule has 4 nitrogen and oxygen atoms in total. The van der Waals surface area contributed by atoms with Crippen LogP contribution >= 0.6 is 0 Å². The number of hydrogen-bond donors (Lipinski definition) is 1. The zero-order valence-corrected chi connectivity index (χ0v) is 12.5. The lowest BCUT2D eigenvalue weighted by Gasteiger charge is -2.29. The minimum absolute atomic E-state index is 0.330. The van der Waals surface area contributed by atoms with Crippen LogP contribution in [0.25, 0.3) is 0 Å². The molecule has 0 spiro atoms. The molecule has 0 aliphatic carbocycles. The van der Waals surface area contributed by atoms with Gasteiger partial charge in [-0.1, -0.05) is 6.92 Å². The molecule has 0 aromatic heterocycles. The van der Waals surface area contributed by atoms with Crippen LogP contribution in [0.15, 0.2) is 0 Å². The number of nitrogens with one attached hydrogen (secondary N) is 1. The molecule has 0 saturated carbocycles. The van der Waals surface area contributed by atoms with Crippen LogP contribution in [0.2, 0.25) is 0 Å². The number of likely N-dealkylation sites (tertiary alicyclic amines) is 1. The molecule has 19 heavy (non-hydrogen) atoms. The average molecular weight is 267 g/mol. The van der Waals surface area contributed by atoms with Gasteiger partial charge >= 0.3 is 0 Å². The minimum Gasteiger partial charge on any atom is -0.344 e. The molecular formula is C15H29N3O. The van der Waals surface area contributed by atoms with Gasteiger partial charge in [-0.05, 0) is 57.8 Å². The standard InChI is InChI=1S/C15H29N3O/c1-3-18-9-5-7-14(18)12-17(2)15(19)10-13-6-4-8-16-11-13/h13-14,16H,3-12H2,1-2H3. The van der Waals surface area contributed by atoms with E-state index in [0.29, 0.717) is 17.9 Å². The monoisotopic (exact) mass is 267 g/mol. The number of amides is 1. The molecule has 110 valence electrons. The lowest BCUT2D eigenvalue weighted by atomic mass is 9.95. The van der Waals surface area contributed by atoms with E-state index in [0.717, 1.165) is 32.6 Å². The second kappa shape index (κ2) is 7.25. The number of piperidine rings is 1. The summed E-state index contributed by atoms with van der Waals surface area (Å²) >= 11 is 0. The van der Waals surface area contributed by atoms with Crippen LogP contribution in [0.1, 0.15) is 39.0 Å². The summed E-state index contributed by atoms with van der Waals surface area (Å²) in [5, 5.41) is 3.39. The van der Waals surface area contributed by atoms with E-state index in [1.165, 1.54) is 32.2 Å². The molecule has 0 radical (unpaired) electrons. The van der Waals surface area contributed by atoms with Gasteiger partial charge < -0.3 is 10.2 Å². The Morgan fingerprint density at radius 1 is 1.37 bits per heavy atom. The maximum absolute atomic E-state index is 12.3. The molecule has 1 amide bonds. The Kier molecular flexibility index (Phi) is 5.64. The molecule has 1 N–H and O–H groups in total. The third-order valence-electron chi connectivity index (χ3n) is 4.68. The third kappa shape index (κ3) is 4.18. The van der Waals surface area contributed by atoms with Gasteiger partial charge in [-0.25, -0.2) is 0 Å². The van der Waals surface area contributed by atoms with Gasteiger partial charge in [0, 0.05) is 26.1 Å². The normalized spacial score (nSPS) is 28.5. The molecule has 2 aliphatic heterocycles. The van der Waals surface area contributed by atoms with Gasteiger partial charge in [0.2, 0.25) is 5.91 Å². The van der Waals surface area contributed by atoms with Crippen LogP contribution in [0.4, 0.5) is 0 Å². The van der Waals surface area contributed by atoms with Crippen LogP contribution in [0.5, 0.6) is 0 Å². The number of nitrogens with zero attached hydrogens (tertiary/aromatic N) is 2. The van der Waals surface area contributed by atoms with Crippen molar-refractivity contribution in [2.75, 3.05) is 39.8 Å². The predicted molar refractivity (Wildman–Crippen MR) is 78.1 cm³/mol. The molecule has 0 bridgehead atoms. The maximum atomic E-state index is 12.3. The maximum Gasteiger partial charge on any atom is 0.222 e. The molecule has 2 atom stereocenters. The van der Waals surface area contributed by atoms with Crippen molar-refractivity contribution in [2.24, 2.45) is 5.92 Å². The van der Waals surface area contributed by atoms with Gasteiger partial charge in [-0.15, -0.1) is 0 Å². The SMILES string of the molecule is CCN1CCCC1CN(C)C(=O)CC1CCCNC1. The quantitative estimate of drug-likeness (QED) is 0.816. The summed E-state index contributed by atoms with van der Waals surface area (Å²) in [6, 6.07) is 0.587. The van der Waals surface area contributed by atoms with Crippen molar-refractivity contribution in [3.63, 3.8) is 0 Å². The van der Waals surface area contributed by atoms with Gasteiger partial charge in [0.25, 0.3) is 0 Å². The van der Waals surface area contributed by atoms with Crippen molar-refractivity contribution in [1.82, 2.24) is 15.1 Å². The summed E-state index contributed by atoms with van der Waals surface area (Å²) in [6.45, 7) is 7.58. The molecule has 2 heterocycles. The summed E-state index contributed by atoms with van der Waals surface area (Å²) in [6.07, 6.45) is 5.68. The molecule has 0 aromatic carbocycles. The van der Waals surface area contributed by atoms with Crippen LogP contribution < -0.4 is 5.32 Å². The van der Waals surface area contributed by atoms with Gasteiger partial charge in [0.05, 0.1) is 0 Å². The molecule has 2 unspecified atom stereocenters. The molecule has 2 rings (SSSR count). The van der Waals surface area contributed by atoms with E-state index in [9.17, 15) is 4.79 Å². The molecule has 4 heteroatoms. The largest absolute Gasteiger partial charge is 0.344 e. The van der Waals surface area contributed by atoms with Crippen molar-refractivity contribution in [2.45, 2.75) is 45.1 Å². The molecule has 2 fully saturated rings. The van der Waals surface area contributed by atoms with Crippen molar-refractivity contribution in [3.8, 4) is 0 Å². The van der Waals surface area contributed by atoms with E-state index in [-0.39, 0.29) is 0 Å². The van der Waals surface area contributed by atoms with Crippen LogP contribution in [0.3, 0.4) is 0 Å². The Morgan fingerprint density at radius 3 is 2.89 bits per heavy atom. The first-order chi connectivity index (χ1) is 9.20. The first-order valence-electron chi connectivity index (χ1n) is 7.89. The summed E-state index contributed by atoms with van der Waals surface area (Å²) in [7, 11) is 1.98. The second-order valence-electron chi connectivity index (χ2n) is 6.12. The van der Waals surface area contributed by atoms with Crippen molar-refractivity contribution >= 4 is 5.91 Å². The van der Waals surface area contributed by atoms with E-state index in [1.54, 1.807) is 0 Å². The Hall–Kier alpha value is -0.610. The summed E-state index contributed by atoms with van der Waals surface area (Å²) < 4.78 is 0. The number of carbonyl (C=O) groups is 1. The Balaban J connectivity index is 1.75. The Morgan fingerprint density at radius 2 is 2.21 bits per heavy atom. The zero-order chi connectivity index (χ0) is 13.7. The van der Waals surface area contributed by atoms with E-state index in [4.69, 9.17) is 0 Å². The summed E-state index contributed by atoms with van der Waals surface area (Å²) in [5.74, 6) is 0.881. The molecule has 0 aromatic rings. The second-order valence-corrected chi connectivity index (χ2v) is 6.12. The first-order valence-corrected chi connectivity index (χ1v) is 7.89. The van der Waals surface area contributed by atoms with E-state index < -0.39 is 0 Å². The minimum atomic E-state index is 0.330. The molecule has 2 saturated heterocycles. The average Bonchev–Trinajstić information content (AvgIpc) is 2.87. The molecule has 2 aliphatic rings. The fourth-order valence-electron chi connectivity index (χ4n) is 3.44. The first kappa shape index (κ1) is 14.8. The lowest BCUT2D eigenvalue weighted by Crippen LogP contribution is -2.42. The van der Waals surface area contributed by atoms with E-state index in [2.05, 4.69) is 17.1 Å². The summed E-state index contributed by atoms with van der Waals surface area (Å²) in [4.78, 5) is 16.7. The fraction of sp³-hybridized carbons (Fsp3) is 0.933. The third-order valence-corrected chi connectivity index (χ3v) is 4.68. The molecular weight excluding hydrogens is 238 g/mol. The van der Waals surface area contributed by atoms with Crippen molar-refractivity contribution < 1.29 is 4.79 Å². The van der Waals surface area contributed by atoms with Crippen LogP contribution in [0, 0.1) is 5.92 Å². The van der Waals surface area contributed by atoms with Gasteiger partial charge in [0.1, 0.15) is 0 Å². The highest BCUT2D eigenvalue weighted by Gasteiger charge is 2.26. The number of rotatable bonds is 5. The van der Waals surface area contributed by atoms with Gasteiger partial charge in [0.15, 0.2) is 0 Å². The Bertz CT molecular complexity index is 289. The van der Waals surface area contributed by atoms with Crippen LogP contribution in [-0.4, -0.2) is 61.5 Å². The highest BCUT2D eigenvalue weighted by molar-refractivity contribution is 5.76. The van der Waals surface area contributed by atoms with E-state index in [1.807, 2.05) is 11.9 Å². The lowest BCUT2D eigenvalue weighted by molar-refractivity contribution is -0.131. The predicted octanol–water partition coefficient (Wildman–Crippen LogP) is 1.32. The highest BCUT2D eigenvalue weighted by Crippen LogP contribution is 2.19. The van der Waals surface area contributed by atoms with E-state index >= 15 is 0 Å². The van der Waals surface area contributed by atoms with Gasteiger partial charge in [-0.3, -0.25) is 9.69 Å². The topological polar surface area (TPSA) is 35.6 Å². The van der Waals surface area contributed by atoms with Crippen molar-refractivity contribution in [1.29, 1.82) is 0 Å². The fourth-order valence-corrected chi connectivity index (χ4v) is 3.44. The number of carbonyl (C=O) groups excluding carboxylic acids is 1. The van der Waals surface area contributed by atoms with Crippen LogP contribution in [-0.2, 0) is 4.79 Å². The van der Waals surface area contributed by atoms with Crippen molar-refractivity contribution in [3.05, 3.63) is 0 Å². The smallest absolute Gasteiger partial charge is 0.222 e.